The van der Waals surface area contributed by atoms with Crippen molar-refractivity contribution in [1.29, 1.82) is 0 Å². The van der Waals surface area contributed by atoms with Crippen LogP contribution in [-0.2, 0) is 0 Å². The number of hydrogen-bond donors (Lipinski definition) is 0. The lowest BCUT2D eigenvalue weighted by Gasteiger charge is -2.17. The zero-order chi connectivity index (χ0) is 37.5. The van der Waals surface area contributed by atoms with Gasteiger partial charge in [-0.05, 0) is 142 Å². The smallest absolute Gasteiger partial charge is 0.0541 e. The maximum Gasteiger partial charge on any atom is 0.0541 e. The number of aromatic nitrogens is 1. The van der Waals surface area contributed by atoms with Crippen molar-refractivity contribution in [2.24, 2.45) is 0 Å². The molecule has 0 aliphatic heterocycles. The molecule has 0 atom stereocenters. The Morgan fingerprint density at radius 1 is 0.211 bits per heavy atom. The molecule has 0 aliphatic carbocycles. The van der Waals surface area contributed by atoms with Crippen LogP contribution in [0.3, 0.4) is 0 Å². The summed E-state index contributed by atoms with van der Waals surface area (Å²) in [5.41, 5.74) is 10.8. The van der Waals surface area contributed by atoms with Crippen LogP contribution in [0.15, 0.2) is 212 Å². The molecule has 0 radical (unpaired) electrons. The van der Waals surface area contributed by atoms with Crippen LogP contribution in [0.2, 0.25) is 0 Å². The minimum Gasteiger partial charge on any atom is -0.309 e. The van der Waals surface area contributed by atoms with Gasteiger partial charge in [0.25, 0.3) is 0 Å². The van der Waals surface area contributed by atoms with Crippen molar-refractivity contribution in [3.8, 4) is 39.1 Å². The Morgan fingerprint density at radius 3 is 1.21 bits per heavy atom. The number of para-hydroxylation sites is 2. The SMILES string of the molecule is c1ccc(-c2cc(-c3ccc4c5ccccc5c5c6ccccc6c6ccccc6c5c4c3)cc(-c3ccc4c(c3)c3ccccc3n4-c3ccccc3)c2)cc1. The summed E-state index contributed by atoms with van der Waals surface area (Å²) in [5.74, 6) is 0. The van der Waals surface area contributed by atoms with Crippen LogP contribution in [0.4, 0.5) is 0 Å². The highest BCUT2D eigenvalue weighted by Crippen LogP contribution is 2.45. The van der Waals surface area contributed by atoms with Gasteiger partial charge in [0.05, 0.1) is 11.0 Å². The first-order valence-electron chi connectivity index (χ1n) is 19.8. The van der Waals surface area contributed by atoms with Gasteiger partial charge in [-0.15, -0.1) is 0 Å². The fraction of sp³-hybridized carbons (Fsp3) is 0. The number of benzene rings is 11. The van der Waals surface area contributed by atoms with E-state index in [1.807, 2.05) is 0 Å². The standard InChI is InChI=1S/C56H35N/c1-3-15-36(16-4-1)39-31-40(33-41(32-39)38-28-30-54-51(34-38)47-22-13-14-26-53(47)57(54)42-17-5-2-6-18-42)37-27-29-46-45-21-9-11-24-49(45)55-48-23-10-7-19-43(48)44-20-8-12-25-50(44)56(55)52(46)35-37/h1-35H. The Labute approximate surface area is 330 Å². The van der Waals surface area contributed by atoms with Gasteiger partial charge in [-0.25, -0.2) is 0 Å². The maximum atomic E-state index is 2.45. The molecule has 57 heavy (non-hydrogen) atoms. The van der Waals surface area contributed by atoms with Crippen molar-refractivity contribution < 1.29 is 0 Å². The van der Waals surface area contributed by atoms with E-state index in [1.54, 1.807) is 0 Å². The molecule has 0 bridgehead atoms. The summed E-state index contributed by atoms with van der Waals surface area (Å²) >= 11 is 0. The predicted molar refractivity (Wildman–Crippen MR) is 245 cm³/mol. The molecule has 1 nitrogen and oxygen atoms in total. The summed E-state index contributed by atoms with van der Waals surface area (Å²) in [6.45, 7) is 0. The third-order valence-corrected chi connectivity index (χ3v) is 12.1. The molecule has 0 N–H and O–H groups in total. The van der Waals surface area contributed by atoms with Gasteiger partial charge in [0.15, 0.2) is 0 Å². The molecule has 0 amide bonds. The van der Waals surface area contributed by atoms with Gasteiger partial charge in [-0.2, -0.15) is 0 Å². The average molecular weight is 722 g/mol. The summed E-state index contributed by atoms with van der Waals surface area (Å²) in [6, 6.07) is 78.3. The lowest BCUT2D eigenvalue weighted by atomic mass is 9.86. The van der Waals surface area contributed by atoms with Crippen LogP contribution in [0.1, 0.15) is 0 Å². The van der Waals surface area contributed by atoms with Gasteiger partial charge in [0.1, 0.15) is 0 Å². The molecular formula is C56H35N. The number of rotatable bonds is 4. The second-order valence-electron chi connectivity index (χ2n) is 15.2. The molecule has 1 heterocycles. The highest BCUT2D eigenvalue weighted by molar-refractivity contribution is 6.39. The van der Waals surface area contributed by atoms with Gasteiger partial charge in [0, 0.05) is 16.5 Å². The van der Waals surface area contributed by atoms with Crippen LogP contribution >= 0.6 is 0 Å². The van der Waals surface area contributed by atoms with E-state index in [-0.39, 0.29) is 0 Å². The highest BCUT2D eigenvalue weighted by atomic mass is 15.0. The Morgan fingerprint density at radius 2 is 0.614 bits per heavy atom. The van der Waals surface area contributed by atoms with E-state index in [1.165, 1.54) is 115 Å². The molecule has 0 saturated carbocycles. The van der Waals surface area contributed by atoms with E-state index in [9.17, 15) is 0 Å². The second-order valence-corrected chi connectivity index (χ2v) is 15.2. The molecule has 1 aromatic heterocycles. The number of hydrogen-bond acceptors (Lipinski definition) is 0. The van der Waals surface area contributed by atoms with E-state index < -0.39 is 0 Å². The van der Waals surface area contributed by atoms with Crippen molar-refractivity contribution in [2.75, 3.05) is 0 Å². The van der Waals surface area contributed by atoms with Crippen molar-refractivity contribution in [2.45, 2.75) is 0 Å². The Kier molecular flexibility index (Phi) is 7.00. The third kappa shape index (κ3) is 4.89. The van der Waals surface area contributed by atoms with E-state index in [4.69, 9.17) is 0 Å². The van der Waals surface area contributed by atoms with Crippen LogP contribution < -0.4 is 0 Å². The van der Waals surface area contributed by atoms with Gasteiger partial charge >= 0.3 is 0 Å². The van der Waals surface area contributed by atoms with Gasteiger partial charge in [-0.1, -0.05) is 158 Å². The molecule has 0 saturated heterocycles. The lowest BCUT2D eigenvalue weighted by Crippen LogP contribution is -1.93. The summed E-state index contributed by atoms with van der Waals surface area (Å²) in [4.78, 5) is 0. The normalized spacial score (nSPS) is 11.9. The zero-order valence-corrected chi connectivity index (χ0v) is 31.2. The first-order chi connectivity index (χ1) is 28.3. The minimum atomic E-state index is 1.17. The molecule has 0 aliphatic rings. The number of fused-ring (bicyclic) bond motifs is 14. The van der Waals surface area contributed by atoms with Crippen LogP contribution in [-0.4, -0.2) is 4.57 Å². The molecule has 12 aromatic rings. The zero-order valence-electron chi connectivity index (χ0n) is 31.2. The fourth-order valence-electron chi connectivity index (χ4n) is 9.57. The average Bonchev–Trinajstić information content (AvgIpc) is 3.63. The monoisotopic (exact) mass is 721 g/mol. The molecule has 0 spiro atoms. The van der Waals surface area contributed by atoms with Crippen molar-refractivity contribution in [3.05, 3.63) is 212 Å². The maximum absolute atomic E-state index is 2.45. The van der Waals surface area contributed by atoms with E-state index in [0.29, 0.717) is 0 Å². The van der Waals surface area contributed by atoms with Crippen molar-refractivity contribution in [3.63, 3.8) is 0 Å². The first kappa shape index (κ1) is 31.8. The molecule has 0 fully saturated rings. The molecule has 1 heteroatoms. The van der Waals surface area contributed by atoms with Gasteiger partial charge < -0.3 is 4.57 Å². The topological polar surface area (TPSA) is 4.93 Å². The van der Waals surface area contributed by atoms with Crippen molar-refractivity contribution >= 4 is 75.7 Å². The number of nitrogens with zero attached hydrogens (tertiary/aromatic N) is 1. The minimum absolute atomic E-state index is 1.17. The predicted octanol–water partition coefficient (Wildman–Crippen LogP) is 15.6. The third-order valence-electron chi connectivity index (χ3n) is 12.1. The van der Waals surface area contributed by atoms with Gasteiger partial charge in [-0.3, -0.25) is 0 Å². The summed E-state index contributed by atoms with van der Waals surface area (Å²) in [5, 5.41) is 15.5. The summed E-state index contributed by atoms with van der Waals surface area (Å²) in [7, 11) is 0. The summed E-state index contributed by atoms with van der Waals surface area (Å²) < 4.78 is 2.39. The summed E-state index contributed by atoms with van der Waals surface area (Å²) in [6.07, 6.45) is 0. The molecule has 264 valence electrons. The lowest BCUT2D eigenvalue weighted by molar-refractivity contribution is 1.18. The highest BCUT2D eigenvalue weighted by Gasteiger charge is 2.18. The van der Waals surface area contributed by atoms with E-state index in [2.05, 4.69) is 217 Å². The van der Waals surface area contributed by atoms with Crippen LogP contribution in [0.5, 0.6) is 0 Å². The Bertz CT molecular complexity index is 3540. The van der Waals surface area contributed by atoms with E-state index >= 15 is 0 Å². The molecule has 0 unspecified atom stereocenters. The molecule has 11 aromatic carbocycles. The quantitative estimate of drug-likeness (QED) is 0.160. The first-order valence-corrected chi connectivity index (χ1v) is 19.8. The second kappa shape index (κ2) is 12.5. The molecule has 12 rings (SSSR count). The fourth-order valence-corrected chi connectivity index (χ4v) is 9.57. The largest absolute Gasteiger partial charge is 0.309 e. The van der Waals surface area contributed by atoms with Gasteiger partial charge in [0.2, 0.25) is 0 Å². The Hall–Kier alpha value is -7.48. The van der Waals surface area contributed by atoms with E-state index in [0.717, 1.165) is 0 Å². The van der Waals surface area contributed by atoms with Crippen LogP contribution in [0.25, 0.3) is 115 Å². The van der Waals surface area contributed by atoms with Crippen molar-refractivity contribution in [1.82, 2.24) is 4.57 Å². The molecular weight excluding hydrogens is 687 g/mol. The Balaban J connectivity index is 1.13. The van der Waals surface area contributed by atoms with Crippen LogP contribution in [0, 0.1) is 0 Å².